The van der Waals surface area contributed by atoms with Crippen LogP contribution in [-0.4, -0.2) is 64.8 Å². The first kappa shape index (κ1) is 15.7. The number of imidazole rings is 1. The summed E-state index contributed by atoms with van der Waals surface area (Å²) in [6.07, 6.45) is 7.43. The second kappa shape index (κ2) is 7.36. The topological polar surface area (TPSA) is 58.4 Å². The Morgan fingerprint density at radius 2 is 2.14 bits per heavy atom. The molecule has 1 aliphatic rings. The molecular formula is C15H24N4O2. The average molecular weight is 292 g/mol. The molecule has 1 fully saturated rings. The molecule has 0 spiro atoms. The van der Waals surface area contributed by atoms with E-state index in [0.717, 1.165) is 38.0 Å². The van der Waals surface area contributed by atoms with Crippen molar-refractivity contribution in [3.63, 3.8) is 0 Å². The van der Waals surface area contributed by atoms with Crippen molar-refractivity contribution in [2.24, 2.45) is 0 Å². The van der Waals surface area contributed by atoms with Crippen LogP contribution in [0, 0.1) is 0 Å². The van der Waals surface area contributed by atoms with Crippen LogP contribution in [0.4, 0.5) is 0 Å². The van der Waals surface area contributed by atoms with E-state index in [0.29, 0.717) is 25.4 Å². The van der Waals surface area contributed by atoms with Gasteiger partial charge in [0.2, 0.25) is 5.91 Å². The molecule has 1 aromatic heterocycles. The van der Waals surface area contributed by atoms with Crippen molar-refractivity contribution in [2.45, 2.75) is 38.3 Å². The zero-order valence-corrected chi connectivity index (χ0v) is 12.9. The van der Waals surface area contributed by atoms with Gasteiger partial charge in [0.25, 0.3) is 0 Å². The van der Waals surface area contributed by atoms with Gasteiger partial charge in [-0.1, -0.05) is 0 Å². The molecule has 1 saturated heterocycles. The minimum absolute atomic E-state index is 0.188. The molecule has 0 saturated carbocycles. The third-order valence-electron chi connectivity index (χ3n) is 4.18. The van der Waals surface area contributed by atoms with E-state index in [1.54, 1.807) is 17.0 Å². The van der Waals surface area contributed by atoms with E-state index in [1.807, 2.05) is 4.90 Å². The maximum Gasteiger partial charge on any atom is 0.223 e. The lowest BCUT2D eigenvalue weighted by atomic mass is 10.0. The van der Waals surface area contributed by atoms with E-state index in [9.17, 15) is 9.59 Å². The fourth-order valence-electron chi connectivity index (χ4n) is 2.82. The molecular weight excluding hydrogens is 268 g/mol. The lowest BCUT2D eigenvalue weighted by Gasteiger charge is -2.35. The Balaban J connectivity index is 1.80. The van der Waals surface area contributed by atoms with Crippen LogP contribution in [0.2, 0.25) is 0 Å². The molecule has 2 heterocycles. The number of hydrogen-bond acceptors (Lipinski definition) is 4. The number of aldehydes is 1. The van der Waals surface area contributed by atoms with Gasteiger partial charge in [0.05, 0.1) is 6.54 Å². The van der Waals surface area contributed by atoms with E-state index in [2.05, 4.69) is 24.0 Å². The molecule has 0 N–H and O–H groups in total. The zero-order valence-electron chi connectivity index (χ0n) is 12.9. The summed E-state index contributed by atoms with van der Waals surface area (Å²) in [5.41, 5.74) is 0. The summed E-state index contributed by atoms with van der Waals surface area (Å²) in [7, 11) is 4.18. The van der Waals surface area contributed by atoms with Crippen LogP contribution in [0.5, 0.6) is 0 Å². The van der Waals surface area contributed by atoms with Gasteiger partial charge in [-0.3, -0.25) is 4.79 Å². The molecule has 0 aliphatic carbocycles. The SMILES string of the molecule is CN(C)C1CCN(C(=O)CCc2nccn2CC=O)CC1. The highest BCUT2D eigenvalue weighted by Crippen LogP contribution is 2.15. The molecule has 0 bridgehead atoms. The first-order chi connectivity index (χ1) is 10.1. The van der Waals surface area contributed by atoms with E-state index < -0.39 is 0 Å². The summed E-state index contributed by atoms with van der Waals surface area (Å²) in [6.45, 7) is 1.98. The van der Waals surface area contributed by atoms with Crippen molar-refractivity contribution < 1.29 is 9.59 Å². The zero-order chi connectivity index (χ0) is 15.2. The van der Waals surface area contributed by atoms with Crippen LogP contribution in [-0.2, 0) is 22.6 Å². The molecule has 2 rings (SSSR count). The molecule has 0 aromatic carbocycles. The van der Waals surface area contributed by atoms with Gasteiger partial charge in [-0.2, -0.15) is 0 Å². The van der Waals surface area contributed by atoms with Crippen LogP contribution in [0.1, 0.15) is 25.1 Å². The second-order valence-corrected chi connectivity index (χ2v) is 5.74. The summed E-state index contributed by atoms with van der Waals surface area (Å²) in [6, 6.07) is 0.584. The minimum Gasteiger partial charge on any atom is -0.343 e. The van der Waals surface area contributed by atoms with Gasteiger partial charge in [-0.25, -0.2) is 4.98 Å². The number of nitrogens with zero attached hydrogens (tertiary/aromatic N) is 4. The van der Waals surface area contributed by atoms with Crippen molar-refractivity contribution >= 4 is 12.2 Å². The number of rotatable bonds is 6. The van der Waals surface area contributed by atoms with Gasteiger partial charge in [0, 0.05) is 44.4 Å². The maximum atomic E-state index is 12.2. The number of likely N-dealkylation sites (tertiary alicyclic amines) is 1. The van der Waals surface area contributed by atoms with Gasteiger partial charge >= 0.3 is 0 Å². The summed E-state index contributed by atoms with van der Waals surface area (Å²) in [5, 5.41) is 0. The Kier molecular flexibility index (Phi) is 5.50. The summed E-state index contributed by atoms with van der Waals surface area (Å²) >= 11 is 0. The number of aryl methyl sites for hydroxylation is 1. The molecule has 1 aromatic rings. The van der Waals surface area contributed by atoms with Gasteiger partial charge < -0.3 is 19.2 Å². The lowest BCUT2D eigenvalue weighted by Crippen LogP contribution is -2.44. The van der Waals surface area contributed by atoms with Crippen LogP contribution in [0.15, 0.2) is 12.4 Å². The second-order valence-electron chi connectivity index (χ2n) is 5.74. The molecule has 6 nitrogen and oxygen atoms in total. The van der Waals surface area contributed by atoms with Gasteiger partial charge in [-0.05, 0) is 26.9 Å². The third kappa shape index (κ3) is 4.14. The number of hydrogen-bond donors (Lipinski definition) is 0. The van der Waals surface area contributed by atoms with Crippen LogP contribution in [0.25, 0.3) is 0 Å². The smallest absolute Gasteiger partial charge is 0.223 e. The number of amides is 1. The van der Waals surface area contributed by atoms with Crippen molar-refractivity contribution in [3.05, 3.63) is 18.2 Å². The van der Waals surface area contributed by atoms with Gasteiger partial charge in [0.15, 0.2) is 0 Å². The predicted octanol–water partition coefficient (Wildman–Crippen LogP) is 0.567. The molecule has 1 amide bonds. The predicted molar refractivity (Wildman–Crippen MR) is 79.9 cm³/mol. The van der Waals surface area contributed by atoms with Crippen LogP contribution < -0.4 is 0 Å². The molecule has 1 aliphatic heterocycles. The number of aromatic nitrogens is 2. The quantitative estimate of drug-likeness (QED) is 0.719. The van der Waals surface area contributed by atoms with Gasteiger partial charge in [-0.15, -0.1) is 0 Å². The van der Waals surface area contributed by atoms with E-state index in [1.165, 1.54) is 0 Å². The molecule has 6 heteroatoms. The van der Waals surface area contributed by atoms with Crippen molar-refractivity contribution in [3.8, 4) is 0 Å². The van der Waals surface area contributed by atoms with Crippen molar-refractivity contribution in [2.75, 3.05) is 27.2 Å². The largest absolute Gasteiger partial charge is 0.343 e. The van der Waals surface area contributed by atoms with Crippen molar-refractivity contribution in [1.82, 2.24) is 19.4 Å². The van der Waals surface area contributed by atoms with Gasteiger partial charge in [0.1, 0.15) is 12.1 Å². The summed E-state index contributed by atoms with van der Waals surface area (Å²) in [5.74, 6) is 0.992. The summed E-state index contributed by atoms with van der Waals surface area (Å²) in [4.78, 5) is 31.2. The Morgan fingerprint density at radius 3 is 2.76 bits per heavy atom. The fraction of sp³-hybridized carbons (Fsp3) is 0.667. The molecule has 21 heavy (non-hydrogen) atoms. The Morgan fingerprint density at radius 1 is 1.43 bits per heavy atom. The maximum absolute atomic E-state index is 12.2. The highest BCUT2D eigenvalue weighted by Gasteiger charge is 2.23. The number of piperidine rings is 1. The Hall–Kier alpha value is -1.69. The van der Waals surface area contributed by atoms with E-state index in [4.69, 9.17) is 0 Å². The van der Waals surface area contributed by atoms with Crippen LogP contribution in [0.3, 0.4) is 0 Å². The standard InChI is InChI=1S/C15H24N4O2/c1-17(2)13-5-8-19(9-6-13)15(21)4-3-14-16-7-10-18(14)11-12-20/h7,10,12-13H,3-6,8-9,11H2,1-2H3. The summed E-state index contributed by atoms with van der Waals surface area (Å²) < 4.78 is 1.79. The molecule has 0 radical (unpaired) electrons. The third-order valence-corrected chi connectivity index (χ3v) is 4.18. The normalized spacial score (nSPS) is 16.4. The monoisotopic (exact) mass is 292 g/mol. The highest BCUT2D eigenvalue weighted by atomic mass is 16.2. The Bertz CT molecular complexity index is 476. The number of carbonyl (C=O) groups is 2. The van der Waals surface area contributed by atoms with E-state index >= 15 is 0 Å². The highest BCUT2D eigenvalue weighted by molar-refractivity contribution is 5.76. The van der Waals surface area contributed by atoms with Crippen LogP contribution >= 0.6 is 0 Å². The number of carbonyl (C=O) groups excluding carboxylic acids is 2. The molecule has 116 valence electrons. The van der Waals surface area contributed by atoms with E-state index in [-0.39, 0.29) is 5.91 Å². The first-order valence-electron chi connectivity index (χ1n) is 7.49. The Labute approximate surface area is 125 Å². The molecule has 0 atom stereocenters. The molecule has 0 unspecified atom stereocenters. The fourth-order valence-corrected chi connectivity index (χ4v) is 2.82. The average Bonchev–Trinajstić information content (AvgIpc) is 2.92. The lowest BCUT2D eigenvalue weighted by molar-refractivity contribution is -0.132. The van der Waals surface area contributed by atoms with Crippen molar-refractivity contribution in [1.29, 1.82) is 0 Å². The first-order valence-corrected chi connectivity index (χ1v) is 7.49. The minimum atomic E-state index is 0.188.